The SMILES string of the molecule is CCCc1cc(C2CC(C3CCC(C(=O)C4=CC=CC4)CC3)CC2=O)ccc1CC(=O)CC(CCC)OC. The molecule has 3 unspecified atom stereocenters. The zero-order valence-corrected chi connectivity index (χ0v) is 23.7. The first kappa shape index (κ1) is 28.7. The van der Waals surface area contributed by atoms with Crippen LogP contribution in [0.5, 0.6) is 0 Å². The molecule has 1 aromatic rings. The van der Waals surface area contributed by atoms with Gasteiger partial charge in [0, 0.05) is 38.2 Å². The third-order valence-electron chi connectivity index (χ3n) is 9.23. The summed E-state index contributed by atoms with van der Waals surface area (Å²) in [5, 5.41) is 0. The first-order chi connectivity index (χ1) is 18.4. The molecule has 38 heavy (non-hydrogen) atoms. The van der Waals surface area contributed by atoms with Gasteiger partial charge in [0.1, 0.15) is 11.6 Å². The van der Waals surface area contributed by atoms with Gasteiger partial charge in [-0.25, -0.2) is 0 Å². The molecular formula is C34H46O4. The van der Waals surface area contributed by atoms with Crippen molar-refractivity contribution in [3.05, 3.63) is 58.7 Å². The van der Waals surface area contributed by atoms with Gasteiger partial charge in [0.15, 0.2) is 5.78 Å². The van der Waals surface area contributed by atoms with Crippen LogP contribution in [0.25, 0.3) is 0 Å². The first-order valence-electron chi connectivity index (χ1n) is 15.0. The van der Waals surface area contributed by atoms with E-state index in [1.54, 1.807) is 7.11 Å². The van der Waals surface area contributed by atoms with Crippen LogP contribution in [0.2, 0.25) is 0 Å². The largest absolute Gasteiger partial charge is 0.381 e. The van der Waals surface area contributed by atoms with E-state index in [1.807, 2.05) is 12.2 Å². The zero-order valence-electron chi connectivity index (χ0n) is 23.7. The number of ketones is 3. The van der Waals surface area contributed by atoms with Crippen LogP contribution in [0.1, 0.15) is 107 Å². The number of benzene rings is 1. The van der Waals surface area contributed by atoms with Crippen molar-refractivity contribution < 1.29 is 19.1 Å². The molecule has 3 atom stereocenters. The number of ether oxygens (including phenoxy) is 1. The van der Waals surface area contributed by atoms with E-state index < -0.39 is 0 Å². The van der Waals surface area contributed by atoms with Crippen LogP contribution in [0.3, 0.4) is 0 Å². The molecule has 4 heteroatoms. The topological polar surface area (TPSA) is 60.4 Å². The Morgan fingerprint density at radius 2 is 1.82 bits per heavy atom. The number of methoxy groups -OCH3 is 1. The molecule has 2 saturated carbocycles. The highest BCUT2D eigenvalue weighted by Crippen LogP contribution is 2.45. The number of aryl methyl sites for hydroxylation is 1. The van der Waals surface area contributed by atoms with E-state index in [1.165, 1.54) is 5.56 Å². The van der Waals surface area contributed by atoms with Gasteiger partial charge in [0.25, 0.3) is 0 Å². The van der Waals surface area contributed by atoms with Crippen molar-refractivity contribution in [1.82, 2.24) is 0 Å². The first-order valence-corrected chi connectivity index (χ1v) is 15.0. The van der Waals surface area contributed by atoms with Gasteiger partial charge in [-0.05, 0) is 85.5 Å². The lowest BCUT2D eigenvalue weighted by atomic mass is 9.73. The number of rotatable bonds is 13. The molecule has 0 heterocycles. The average molecular weight is 519 g/mol. The van der Waals surface area contributed by atoms with Gasteiger partial charge in [-0.2, -0.15) is 0 Å². The molecular weight excluding hydrogens is 472 g/mol. The highest BCUT2D eigenvalue weighted by Gasteiger charge is 2.40. The molecule has 0 saturated heterocycles. The van der Waals surface area contributed by atoms with Crippen LogP contribution in [0, 0.1) is 17.8 Å². The summed E-state index contributed by atoms with van der Waals surface area (Å²) in [7, 11) is 1.69. The lowest BCUT2D eigenvalue weighted by molar-refractivity contribution is -0.121. The second-order valence-electron chi connectivity index (χ2n) is 11.9. The fourth-order valence-corrected chi connectivity index (χ4v) is 7.05. The maximum absolute atomic E-state index is 13.2. The van der Waals surface area contributed by atoms with E-state index in [9.17, 15) is 14.4 Å². The Kier molecular flexibility index (Phi) is 10.3. The van der Waals surface area contributed by atoms with Crippen molar-refractivity contribution in [2.75, 3.05) is 7.11 Å². The summed E-state index contributed by atoms with van der Waals surface area (Å²) in [6.45, 7) is 4.28. The van der Waals surface area contributed by atoms with Crippen LogP contribution in [-0.2, 0) is 32.0 Å². The molecule has 0 N–H and O–H groups in total. The van der Waals surface area contributed by atoms with E-state index in [0.29, 0.717) is 42.7 Å². The number of carbonyl (C=O) groups is 3. The predicted octanol–water partition coefficient (Wildman–Crippen LogP) is 7.28. The van der Waals surface area contributed by atoms with Crippen molar-refractivity contribution in [3.8, 4) is 0 Å². The van der Waals surface area contributed by atoms with Crippen LogP contribution in [0.4, 0.5) is 0 Å². The second kappa shape index (κ2) is 13.6. The zero-order chi connectivity index (χ0) is 27.1. The second-order valence-corrected chi connectivity index (χ2v) is 11.9. The van der Waals surface area contributed by atoms with E-state index in [4.69, 9.17) is 4.74 Å². The summed E-state index contributed by atoms with van der Waals surface area (Å²) in [6, 6.07) is 6.42. The van der Waals surface area contributed by atoms with E-state index >= 15 is 0 Å². The standard InChI is InChI=1S/C34H46O4/c1-4-8-26-18-28(17-16-27(26)19-30(35)22-31(38-3)9-5-2)32-20-29(21-33(32)36)23-12-14-25(15-13-23)34(37)24-10-6-7-11-24/h6-7,10,16-18,23,25,29,31-32H,4-5,8-9,11-15,19-22H2,1-3H3. The Morgan fingerprint density at radius 1 is 1.03 bits per heavy atom. The number of hydrogen-bond acceptors (Lipinski definition) is 4. The van der Waals surface area contributed by atoms with Gasteiger partial charge in [0.2, 0.25) is 0 Å². The summed E-state index contributed by atoms with van der Waals surface area (Å²) < 4.78 is 5.50. The maximum atomic E-state index is 13.2. The van der Waals surface area contributed by atoms with Crippen molar-refractivity contribution in [1.29, 1.82) is 0 Å². The minimum absolute atomic E-state index is 0.000524. The Bertz CT molecular complexity index is 1060. The van der Waals surface area contributed by atoms with Gasteiger partial charge in [-0.3, -0.25) is 14.4 Å². The summed E-state index contributed by atoms with van der Waals surface area (Å²) >= 11 is 0. The summed E-state index contributed by atoms with van der Waals surface area (Å²) in [5.74, 6) is 2.05. The summed E-state index contributed by atoms with van der Waals surface area (Å²) in [5.41, 5.74) is 4.41. The minimum Gasteiger partial charge on any atom is -0.381 e. The molecule has 4 rings (SSSR count). The summed E-state index contributed by atoms with van der Waals surface area (Å²) in [6.07, 6.45) is 17.2. The Hall–Kier alpha value is -2.33. The molecule has 0 radical (unpaired) electrons. The van der Waals surface area contributed by atoms with Crippen LogP contribution in [-0.4, -0.2) is 30.6 Å². The van der Waals surface area contributed by atoms with Gasteiger partial charge in [-0.15, -0.1) is 0 Å². The van der Waals surface area contributed by atoms with Gasteiger partial charge in [0.05, 0.1) is 6.10 Å². The Morgan fingerprint density at radius 3 is 2.47 bits per heavy atom. The minimum atomic E-state index is -0.0307. The third kappa shape index (κ3) is 7.00. The van der Waals surface area contributed by atoms with Crippen molar-refractivity contribution in [2.45, 2.75) is 109 Å². The molecule has 206 valence electrons. The van der Waals surface area contributed by atoms with Crippen LogP contribution in [0.15, 0.2) is 42.0 Å². The monoisotopic (exact) mass is 518 g/mol. The molecule has 3 aliphatic rings. The molecule has 3 aliphatic carbocycles. The van der Waals surface area contributed by atoms with Crippen LogP contribution < -0.4 is 0 Å². The Labute approximate surface area is 229 Å². The van der Waals surface area contributed by atoms with Crippen LogP contribution >= 0.6 is 0 Å². The van der Waals surface area contributed by atoms with Gasteiger partial charge < -0.3 is 4.74 Å². The normalized spacial score (nSPS) is 26.0. The average Bonchev–Trinajstić information content (AvgIpc) is 3.59. The lowest BCUT2D eigenvalue weighted by Gasteiger charge is -2.31. The maximum Gasteiger partial charge on any atom is 0.162 e. The van der Waals surface area contributed by atoms with E-state index in [2.05, 4.69) is 38.1 Å². The predicted molar refractivity (Wildman–Crippen MR) is 152 cm³/mol. The van der Waals surface area contributed by atoms with Gasteiger partial charge >= 0.3 is 0 Å². The Balaban J connectivity index is 1.36. The lowest BCUT2D eigenvalue weighted by Crippen LogP contribution is -2.26. The molecule has 2 fully saturated rings. The smallest absolute Gasteiger partial charge is 0.162 e. The van der Waals surface area contributed by atoms with E-state index in [0.717, 1.165) is 80.9 Å². The molecule has 4 nitrogen and oxygen atoms in total. The molecule has 0 bridgehead atoms. The quantitative estimate of drug-likeness (QED) is 0.275. The fraction of sp³-hybridized carbons (Fsp3) is 0.618. The molecule has 1 aromatic carbocycles. The molecule has 0 aromatic heterocycles. The van der Waals surface area contributed by atoms with Gasteiger partial charge in [-0.1, -0.05) is 63.1 Å². The van der Waals surface area contributed by atoms with E-state index in [-0.39, 0.29) is 23.7 Å². The number of hydrogen-bond donors (Lipinski definition) is 0. The summed E-state index contributed by atoms with van der Waals surface area (Å²) in [4.78, 5) is 38.8. The van der Waals surface area contributed by atoms with Crippen molar-refractivity contribution in [3.63, 3.8) is 0 Å². The fourth-order valence-electron chi connectivity index (χ4n) is 7.05. The molecule has 0 amide bonds. The van der Waals surface area contributed by atoms with Crippen molar-refractivity contribution >= 4 is 17.3 Å². The molecule has 0 aliphatic heterocycles. The highest BCUT2D eigenvalue weighted by molar-refractivity contribution is 5.98. The number of carbonyl (C=O) groups excluding carboxylic acids is 3. The van der Waals surface area contributed by atoms with Crippen molar-refractivity contribution in [2.24, 2.45) is 17.8 Å². The third-order valence-corrected chi connectivity index (χ3v) is 9.23. The highest BCUT2D eigenvalue weighted by atomic mass is 16.5. The molecule has 0 spiro atoms. The number of Topliss-reactive ketones (excluding diaryl/α,β-unsaturated/α-hetero) is 3. The number of allylic oxidation sites excluding steroid dienone is 4.